The fraction of sp³-hybridized carbons (Fsp3) is 0.200. The summed E-state index contributed by atoms with van der Waals surface area (Å²) < 4.78 is 11.1. The van der Waals surface area contributed by atoms with Crippen LogP contribution >= 0.6 is 11.8 Å². The summed E-state index contributed by atoms with van der Waals surface area (Å²) in [5, 5.41) is 12.4. The van der Waals surface area contributed by atoms with Gasteiger partial charge in [0.1, 0.15) is 5.76 Å². The number of esters is 1. The zero-order valence-corrected chi connectivity index (χ0v) is 21.6. The number of ether oxygens (including phenoxy) is 1. The van der Waals surface area contributed by atoms with E-state index >= 15 is 0 Å². The smallest absolute Gasteiger partial charge is 0.339 e. The summed E-state index contributed by atoms with van der Waals surface area (Å²) in [7, 11) is 0. The molecule has 1 atom stereocenters. The number of rotatable bonds is 7. The number of pyridine rings is 1. The SMILES string of the molecule is C[C@H]1C/C(=C\c2ccco2)c2nc3ccccc3c(C(=O)OCC(=O)Nc3ccccc3SCC#N)c2C1. The molecule has 2 aromatic carbocycles. The summed E-state index contributed by atoms with van der Waals surface area (Å²) >= 11 is 1.33. The molecule has 1 N–H and O–H groups in total. The maximum Gasteiger partial charge on any atom is 0.339 e. The lowest BCUT2D eigenvalue weighted by Gasteiger charge is -2.26. The zero-order valence-electron chi connectivity index (χ0n) is 20.8. The highest BCUT2D eigenvalue weighted by molar-refractivity contribution is 7.99. The summed E-state index contributed by atoms with van der Waals surface area (Å²) in [4.78, 5) is 31.9. The number of aromatic nitrogens is 1. The molecule has 0 fully saturated rings. The number of para-hydroxylation sites is 2. The number of carbonyl (C=O) groups is 2. The van der Waals surface area contributed by atoms with Crippen molar-refractivity contribution in [2.75, 3.05) is 17.7 Å². The van der Waals surface area contributed by atoms with E-state index in [9.17, 15) is 9.59 Å². The number of hydrogen-bond donors (Lipinski definition) is 1. The minimum Gasteiger partial charge on any atom is -0.465 e. The number of allylic oxidation sites excluding steroid dienone is 1. The molecule has 5 rings (SSSR count). The van der Waals surface area contributed by atoms with Crippen molar-refractivity contribution in [2.24, 2.45) is 5.92 Å². The molecule has 0 saturated carbocycles. The number of fused-ring (bicyclic) bond motifs is 2. The van der Waals surface area contributed by atoms with E-state index in [2.05, 4.69) is 18.3 Å². The van der Waals surface area contributed by atoms with Crippen LogP contribution in [0.5, 0.6) is 0 Å². The number of nitrogens with one attached hydrogen (secondary N) is 1. The van der Waals surface area contributed by atoms with Gasteiger partial charge in [0.25, 0.3) is 5.91 Å². The predicted octanol–water partition coefficient (Wildman–Crippen LogP) is 6.36. The van der Waals surface area contributed by atoms with E-state index in [1.54, 1.807) is 18.4 Å². The van der Waals surface area contributed by atoms with Crippen LogP contribution in [-0.4, -0.2) is 29.2 Å². The first-order valence-electron chi connectivity index (χ1n) is 12.2. The van der Waals surface area contributed by atoms with Gasteiger partial charge in [-0.15, -0.1) is 11.8 Å². The average molecular weight is 524 g/mol. The van der Waals surface area contributed by atoms with Crippen molar-refractivity contribution in [1.82, 2.24) is 4.98 Å². The van der Waals surface area contributed by atoms with E-state index in [0.29, 0.717) is 28.6 Å². The standard InChI is InChI=1S/C30H25N3O4S/c1-19-15-20(17-21-7-6-13-36-21)29-23(16-19)28(22-8-2-3-9-24(22)33-29)30(35)37-18-27(34)32-25-10-4-5-11-26(25)38-14-12-31/h2-11,13,17,19H,14-16,18H2,1H3,(H,32,34)/b20-17+/t19-/m0/s1. The fourth-order valence-corrected chi connectivity index (χ4v) is 5.38. The first-order valence-corrected chi connectivity index (χ1v) is 13.2. The normalized spacial score (nSPS) is 15.6. The molecule has 4 aromatic rings. The molecule has 190 valence electrons. The van der Waals surface area contributed by atoms with Crippen LogP contribution in [0.1, 0.15) is 40.7 Å². The molecule has 1 aliphatic rings. The Balaban J connectivity index is 1.43. The van der Waals surface area contributed by atoms with E-state index in [1.165, 1.54) is 11.8 Å². The van der Waals surface area contributed by atoms with Crippen LogP contribution < -0.4 is 5.32 Å². The highest BCUT2D eigenvalue weighted by Crippen LogP contribution is 2.38. The third kappa shape index (κ3) is 5.48. The highest BCUT2D eigenvalue weighted by atomic mass is 32.2. The number of thioether (sulfide) groups is 1. The Labute approximate surface area is 224 Å². The van der Waals surface area contributed by atoms with E-state index in [-0.39, 0.29) is 11.7 Å². The average Bonchev–Trinajstić information content (AvgIpc) is 3.43. The van der Waals surface area contributed by atoms with E-state index in [0.717, 1.165) is 33.9 Å². The second-order valence-corrected chi connectivity index (χ2v) is 10.1. The van der Waals surface area contributed by atoms with Crippen LogP contribution in [0.4, 0.5) is 5.69 Å². The summed E-state index contributed by atoms with van der Waals surface area (Å²) in [5.41, 5.74) is 4.29. The molecule has 38 heavy (non-hydrogen) atoms. The van der Waals surface area contributed by atoms with Gasteiger partial charge in [0.05, 0.1) is 40.5 Å². The van der Waals surface area contributed by atoms with Crippen molar-refractivity contribution in [2.45, 2.75) is 24.7 Å². The molecule has 7 nitrogen and oxygen atoms in total. The number of hydrogen-bond acceptors (Lipinski definition) is 7. The van der Waals surface area contributed by atoms with Crippen LogP contribution in [0.25, 0.3) is 22.6 Å². The van der Waals surface area contributed by atoms with Crippen LogP contribution in [0.3, 0.4) is 0 Å². The maximum absolute atomic E-state index is 13.5. The quantitative estimate of drug-likeness (QED) is 0.222. The molecular formula is C30H25N3O4S. The molecule has 0 saturated heterocycles. The molecular weight excluding hydrogens is 498 g/mol. The van der Waals surface area contributed by atoms with Gasteiger partial charge >= 0.3 is 5.97 Å². The van der Waals surface area contributed by atoms with Crippen molar-refractivity contribution in [3.8, 4) is 6.07 Å². The Morgan fingerprint density at radius 3 is 2.79 bits per heavy atom. The Hall–Kier alpha value is -4.35. The Bertz CT molecular complexity index is 1570. The van der Waals surface area contributed by atoms with Crippen molar-refractivity contribution in [3.63, 3.8) is 0 Å². The monoisotopic (exact) mass is 523 g/mol. The molecule has 1 aliphatic carbocycles. The largest absolute Gasteiger partial charge is 0.465 e. The van der Waals surface area contributed by atoms with Gasteiger partial charge in [-0.05, 0) is 66.3 Å². The van der Waals surface area contributed by atoms with Crippen LogP contribution in [0.2, 0.25) is 0 Å². The van der Waals surface area contributed by atoms with Gasteiger partial charge in [0.15, 0.2) is 6.61 Å². The van der Waals surface area contributed by atoms with Crippen LogP contribution in [0, 0.1) is 17.2 Å². The molecule has 2 aromatic heterocycles. The molecule has 2 heterocycles. The maximum atomic E-state index is 13.5. The third-order valence-electron chi connectivity index (χ3n) is 6.27. The van der Waals surface area contributed by atoms with Crippen molar-refractivity contribution >= 4 is 51.9 Å². The van der Waals surface area contributed by atoms with Gasteiger partial charge in [-0.3, -0.25) is 4.79 Å². The number of benzene rings is 2. The number of carbonyl (C=O) groups excluding carboxylic acids is 2. The molecule has 0 radical (unpaired) electrons. The number of furan rings is 1. The molecule has 8 heteroatoms. The number of anilines is 1. The Morgan fingerprint density at radius 2 is 1.97 bits per heavy atom. The highest BCUT2D eigenvalue weighted by Gasteiger charge is 2.29. The Kier molecular flexibility index (Phi) is 7.57. The first kappa shape index (κ1) is 25.3. The second kappa shape index (κ2) is 11.4. The van der Waals surface area contributed by atoms with Gasteiger partial charge in [0.2, 0.25) is 0 Å². The van der Waals surface area contributed by atoms with Crippen molar-refractivity contribution in [3.05, 3.63) is 89.5 Å². The van der Waals surface area contributed by atoms with E-state index < -0.39 is 18.5 Å². The topological polar surface area (TPSA) is 105 Å². The lowest BCUT2D eigenvalue weighted by atomic mass is 9.81. The van der Waals surface area contributed by atoms with Crippen molar-refractivity contribution in [1.29, 1.82) is 5.26 Å². The zero-order chi connectivity index (χ0) is 26.5. The van der Waals surface area contributed by atoms with Crippen LogP contribution in [0.15, 0.2) is 76.2 Å². The third-order valence-corrected chi connectivity index (χ3v) is 7.21. The van der Waals surface area contributed by atoms with Gasteiger partial charge < -0.3 is 14.5 Å². The van der Waals surface area contributed by atoms with Gasteiger partial charge in [0, 0.05) is 10.3 Å². The van der Waals surface area contributed by atoms with Crippen molar-refractivity contribution < 1.29 is 18.7 Å². The van der Waals surface area contributed by atoms with Gasteiger partial charge in [-0.1, -0.05) is 37.3 Å². The molecule has 0 spiro atoms. The van der Waals surface area contributed by atoms with Crippen LogP contribution in [-0.2, 0) is 16.0 Å². The minimum absolute atomic E-state index is 0.261. The number of nitriles is 1. The first-order chi connectivity index (χ1) is 18.5. The van der Waals surface area contributed by atoms with E-state index in [1.807, 2.05) is 54.6 Å². The summed E-state index contributed by atoms with van der Waals surface area (Å²) in [6, 6.07) is 20.5. The minimum atomic E-state index is -0.561. The predicted molar refractivity (Wildman–Crippen MR) is 147 cm³/mol. The summed E-state index contributed by atoms with van der Waals surface area (Å²) in [6.07, 6.45) is 5.07. The molecule has 0 unspecified atom stereocenters. The molecule has 0 bridgehead atoms. The Morgan fingerprint density at radius 1 is 1.16 bits per heavy atom. The second-order valence-electron chi connectivity index (χ2n) is 9.10. The molecule has 0 aliphatic heterocycles. The van der Waals surface area contributed by atoms with E-state index in [4.69, 9.17) is 19.4 Å². The van der Waals surface area contributed by atoms with Gasteiger partial charge in [-0.25, -0.2) is 9.78 Å². The lowest BCUT2D eigenvalue weighted by molar-refractivity contribution is -0.119. The number of amides is 1. The molecule has 1 amide bonds. The lowest BCUT2D eigenvalue weighted by Crippen LogP contribution is -2.23. The van der Waals surface area contributed by atoms with Gasteiger partial charge in [-0.2, -0.15) is 5.26 Å². The fourth-order valence-electron chi connectivity index (χ4n) is 4.71. The number of nitrogens with zero attached hydrogens (tertiary/aromatic N) is 2. The summed E-state index contributed by atoms with van der Waals surface area (Å²) in [5.74, 6) is 0.251. The summed E-state index contributed by atoms with van der Waals surface area (Å²) in [6.45, 7) is 1.70.